The Balaban J connectivity index is 0.884. The van der Waals surface area contributed by atoms with Gasteiger partial charge in [0.1, 0.15) is 28.7 Å². The van der Waals surface area contributed by atoms with Crippen molar-refractivity contribution in [1.82, 2.24) is 9.97 Å². The second kappa shape index (κ2) is 22.9. The molecule has 0 spiro atoms. The minimum Gasteiger partial charge on any atom is -0.497 e. The number of rotatable bonds is 18. The molecule has 2 aliphatic rings. The summed E-state index contributed by atoms with van der Waals surface area (Å²) >= 11 is 2.12. The molecule has 0 amide bonds. The molecule has 0 aliphatic heterocycles. The standard InChI is InChI=1S/C50H48Br2N4O12S2/c1-30(2)31-16-18-35(19-17-31)66-49-41(51)24-32(26-53-49)55(69(59)60)43-12-4-10-39-37(43)8-6-14-45(39)64-28-47(57)68-48(58)29-65-46-15-7-9-38-40(46)11-5-13-44(38)56(70(61)62)33-25-42(52)50(54-27-33)67-36-22-20-34(63-3)21-23-36/h6-9,14-27,30,43-44H,4-5,10-13,28-29H2,1-3H3,(H,59,60)(H,61,62). The Morgan fingerprint density at radius 3 is 1.50 bits per heavy atom. The molecule has 2 N–H and O–H groups in total. The highest BCUT2D eigenvalue weighted by molar-refractivity contribution is 9.11. The molecular weight excluding hydrogens is 1070 g/mol. The maximum Gasteiger partial charge on any atom is 0.351 e. The van der Waals surface area contributed by atoms with Crippen molar-refractivity contribution in [3.05, 3.63) is 146 Å². The summed E-state index contributed by atoms with van der Waals surface area (Å²) in [6.45, 7) is 3.05. The number of methoxy groups -OCH3 is 1. The topological polar surface area (TPSA) is 196 Å². The van der Waals surface area contributed by atoms with Gasteiger partial charge in [-0.1, -0.05) is 50.2 Å². The average Bonchev–Trinajstić information content (AvgIpc) is 3.34. The maximum absolute atomic E-state index is 13.0. The number of carbonyl (C=O) groups is 2. The molecule has 0 saturated carbocycles. The lowest BCUT2D eigenvalue weighted by atomic mass is 9.87. The van der Waals surface area contributed by atoms with Gasteiger partial charge in [-0.05, 0) is 165 Å². The first-order valence-electron chi connectivity index (χ1n) is 22.2. The summed E-state index contributed by atoms with van der Waals surface area (Å²) in [6.07, 6.45) is 6.48. The molecule has 4 atom stereocenters. The smallest absolute Gasteiger partial charge is 0.351 e. The van der Waals surface area contributed by atoms with Crippen molar-refractivity contribution in [3.8, 4) is 40.5 Å². The van der Waals surface area contributed by atoms with E-state index in [2.05, 4.69) is 55.7 Å². The number of aromatic nitrogens is 2. The van der Waals surface area contributed by atoms with Crippen LogP contribution in [0, 0.1) is 0 Å². The van der Waals surface area contributed by atoms with E-state index in [0.29, 0.717) is 99.4 Å². The molecule has 16 nitrogen and oxygen atoms in total. The van der Waals surface area contributed by atoms with E-state index in [4.69, 9.17) is 28.4 Å². The number of halogens is 2. The summed E-state index contributed by atoms with van der Waals surface area (Å²) < 4.78 is 84.9. The van der Waals surface area contributed by atoms with Gasteiger partial charge in [0.15, 0.2) is 13.2 Å². The molecule has 0 radical (unpaired) electrons. The van der Waals surface area contributed by atoms with E-state index in [1.54, 1.807) is 67.8 Å². The molecule has 8 rings (SSSR count). The van der Waals surface area contributed by atoms with Gasteiger partial charge in [0.05, 0.1) is 51.9 Å². The van der Waals surface area contributed by atoms with E-state index in [9.17, 15) is 27.1 Å². The summed E-state index contributed by atoms with van der Waals surface area (Å²) in [5.41, 5.74) is 4.90. The third-order valence-electron chi connectivity index (χ3n) is 11.8. The first-order valence-corrected chi connectivity index (χ1v) is 25.9. The third-order valence-corrected chi connectivity index (χ3v) is 14.6. The molecule has 0 fully saturated rings. The highest BCUT2D eigenvalue weighted by Gasteiger charge is 2.34. The van der Waals surface area contributed by atoms with E-state index in [1.807, 2.05) is 36.4 Å². The number of anilines is 2. The van der Waals surface area contributed by atoms with E-state index in [1.165, 1.54) is 26.6 Å². The molecule has 2 aliphatic carbocycles. The minimum atomic E-state index is -2.46. The van der Waals surface area contributed by atoms with Gasteiger partial charge in [-0.3, -0.25) is 17.7 Å². The molecule has 20 heteroatoms. The van der Waals surface area contributed by atoms with E-state index in [0.717, 1.165) is 22.3 Å². The molecular formula is C50H48Br2N4O12S2. The Morgan fingerprint density at radius 2 is 1.10 bits per heavy atom. The monoisotopic (exact) mass is 1120 g/mol. The molecule has 366 valence electrons. The van der Waals surface area contributed by atoms with Crippen molar-refractivity contribution >= 4 is 77.7 Å². The quantitative estimate of drug-likeness (QED) is 0.0468. The predicted octanol–water partition coefficient (Wildman–Crippen LogP) is 11.3. The SMILES string of the molecule is COc1ccc(Oc2ncc(N(C3CCCc4c(OCC(=O)OC(=O)COc5cccc6c5CCCC6N(c5cnc(Oc6ccc(C(C)C)cc6)c(Br)c5)S(=O)O)cccc43)S(=O)O)cc2Br)cc1. The van der Waals surface area contributed by atoms with Crippen LogP contribution in [0.3, 0.4) is 0 Å². The van der Waals surface area contributed by atoms with Crippen LogP contribution in [0.4, 0.5) is 11.4 Å². The van der Waals surface area contributed by atoms with Crippen LogP contribution in [0.2, 0.25) is 0 Å². The second-order valence-corrected chi connectivity index (χ2v) is 20.0. The van der Waals surface area contributed by atoms with Crippen LogP contribution in [0.25, 0.3) is 0 Å². The summed E-state index contributed by atoms with van der Waals surface area (Å²) in [5, 5.41) is 0. The molecule has 70 heavy (non-hydrogen) atoms. The number of benzene rings is 4. The van der Waals surface area contributed by atoms with Gasteiger partial charge in [0.25, 0.3) is 22.5 Å². The lowest BCUT2D eigenvalue weighted by molar-refractivity contribution is -0.162. The van der Waals surface area contributed by atoms with Crippen LogP contribution in [0.15, 0.2) is 118 Å². The van der Waals surface area contributed by atoms with Gasteiger partial charge in [-0.15, -0.1) is 0 Å². The second-order valence-electron chi connectivity index (χ2n) is 16.6. The van der Waals surface area contributed by atoms with Gasteiger partial charge >= 0.3 is 11.9 Å². The Hall–Kier alpha value is -5.90. The maximum atomic E-state index is 13.0. The number of carbonyl (C=O) groups excluding carboxylic acids is 2. The Bertz CT molecular complexity index is 2910. The fraction of sp³-hybridized carbons (Fsp3) is 0.280. The first-order chi connectivity index (χ1) is 33.8. The summed E-state index contributed by atoms with van der Waals surface area (Å²) in [6, 6.07) is 27.5. The van der Waals surface area contributed by atoms with E-state index in [-0.39, 0.29) is 5.88 Å². The first kappa shape index (κ1) is 50.5. The number of ether oxygens (including phenoxy) is 6. The zero-order valence-electron chi connectivity index (χ0n) is 38.1. The Labute approximate surface area is 426 Å². The number of esters is 2. The molecule has 6 aromatic rings. The average molecular weight is 1120 g/mol. The molecule has 2 aromatic heterocycles. The summed E-state index contributed by atoms with van der Waals surface area (Å²) in [5.74, 6) is 1.58. The van der Waals surface area contributed by atoms with Crippen LogP contribution in [0.1, 0.15) is 85.3 Å². The van der Waals surface area contributed by atoms with Crippen molar-refractivity contribution in [2.24, 2.45) is 0 Å². The van der Waals surface area contributed by atoms with Gasteiger partial charge in [0.2, 0.25) is 11.8 Å². The molecule has 4 unspecified atom stereocenters. The predicted molar refractivity (Wildman–Crippen MR) is 270 cm³/mol. The van der Waals surface area contributed by atoms with Gasteiger partial charge in [0, 0.05) is 0 Å². The van der Waals surface area contributed by atoms with Crippen LogP contribution in [-0.2, 0) is 49.7 Å². The number of pyridine rings is 2. The van der Waals surface area contributed by atoms with Gasteiger partial charge < -0.3 is 28.4 Å². The van der Waals surface area contributed by atoms with Gasteiger partial charge in [-0.2, -0.15) is 0 Å². The van der Waals surface area contributed by atoms with E-state index >= 15 is 0 Å². The molecule has 0 saturated heterocycles. The zero-order valence-corrected chi connectivity index (χ0v) is 42.9. The largest absolute Gasteiger partial charge is 0.497 e. The molecule has 4 aromatic carbocycles. The Morgan fingerprint density at radius 1 is 0.671 bits per heavy atom. The Kier molecular flexibility index (Phi) is 16.5. The highest BCUT2D eigenvalue weighted by atomic mass is 79.9. The minimum absolute atomic E-state index is 0.258. The fourth-order valence-electron chi connectivity index (χ4n) is 8.56. The lowest BCUT2D eigenvalue weighted by Crippen LogP contribution is -2.33. The number of nitrogens with zero attached hydrogens (tertiary/aromatic N) is 4. The number of fused-ring (bicyclic) bond motifs is 2. The van der Waals surface area contributed by atoms with Crippen LogP contribution in [-0.4, -0.2) is 59.8 Å². The zero-order chi connectivity index (χ0) is 49.5. The lowest BCUT2D eigenvalue weighted by Gasteiger charge is -2.35. The van der Waals surface area contributed by atoms with Crippen LogP contribution >= 0.6 is 31.9 Å². The van der Waals surface area contributed by atoms with Crippen molar-refractivity contribution < 1.29 is 55.5 Å². The number of hydrogen-bond donors (Lipinski definition) is 2. The third kappa shape index (κ3) is 11.8. The number of hydrogen-bond acceptors (Lipinski definition) is 12. The van der Waals surface area contributed by atoms with Crippen LogP contribution in [0.5, 0.6) is 40.5 Å². The van der Waals surface area contributed by atoms with Crippen molar-refractivity contribution in [1.29, 1.82) is 0 Å². The summed E-state index contributed by atoms with van der Waals surface area (Å²) in [4.78, 5) is 34.8. The van der Waals surface area contributed by atoms with Crippen molar-refractivity contribution in [2.45, 2.75) is 70.4 Å². The summed E-state index contributed by atoms with van der Waals surface area (Å²) in [7, 11) is 1.57. The molecule has 2 heterocycles. The normalized spacial score (nSPS) is 15.9. The highest BCUT2D eigenvalue weighted by Crippen LogP contribution is 2.44. The molecule has 0 bridgehead atoms. The van der Waals surface area contributed by atoms with Crippen LogP contribution < -0.4 is 32.3 Å². The van der Waals surface area contributed by atoms with Gasteiger partial charge in [-0.25, -0.2) is 28.0 Å². The fourth-order valence-corrected chi connectivity index (χ4v) is 10.8. The van der Waals surface area contributed by atoms with Crippen molar-refractivity contribution in [3.63, 3.8) is 0 Å². The van der Waals surface area contributed by atoms with Crippen molar-refractivity contribution in [2.75, 3.05) is 28.9 Å². The van der Waals surface area contributed by atoms with E-state index < -0.39 is 59.8 Å².